The number of pyridine rings is 1. The van der Waals surface area contributed by atoms with Crippen LogP contribution in [0, 0.1) is 5.92 Å². The Bertz CT molecular complexity index is 558. The van der Waals surface area contributed by atoms with Gasteiger partial charge < -0.3 is 4.74 Å². The summed E-state index contributed by atoms with van der Waals surface area (Å²) >= 11 is 4.12. The van der Waals surface area contributed by atoms with Gasteiger partial charge in [-0.05, 0) is 45.6 Å². The molecule has 0 aliphatic heterocycles. The smallest absolute Gasteiger partial charge is 0.429 e. The highest BCUT2D eigenvalue weighted by Crippen LogP contribution is 2.29. The molecule has 0 bridgehead atoms. The highest BCUT2D eigenvalue weighted by atomic mass is 32.1. The van der Waals surface area contributed by atoms with Crippen LogP contribution in [0.3, 0.4) is 0 Å². The van der Waals surface area contributed by atoms with Gasteiger partial charge in [0, 0.05) is 23.7 Å². The van der Waals surface area contributed by atoms with E-state index in [2.05, 4.69) is 12.6 Å². The van der Waals surface area contributed by atoms with E-state index in [0.29, 0.717) is 17.4 Å². The van der Waals surface area contributed by atoms with Crippen molar-refractivity contribution in [2.45, 2.75) is 44.1 Å². The number of aromatic nitrogens is 1. The molecule has 1 saturated carbocycles. The predicted octanol–water partition coefficient (Wildman–Crippen LogP) is 2.42. The van der Waals surface area contributed by atoms with Crippen molar-refractivity contribution < 1.29 is 9.53 Å². The summed E-state index contributed by atoms with van der Waals surface area (Å²) < 4.78 is 6.67. The lowest BCUT2D eigenvalue weighted by atomic mass is 10.2. The second kappa shape index (κ2) is 5.52. The second-order valence-electron chi connectivity index (χ2n) is 6.07. The van der Waals surface area contributed by atoms with Crippen molar-refractivity contribution >= 4 is 18.7 Å². The zero-order chi connectivity index (χ0) is 14.9. The highest BCUT2D eigenvalue weighted by molar-refractivity contribution is 7.80. The van der Waals surface area contributed by atoms with E-state index < -0.39 is 11.7 Å². The maximum atomic E-state index is 12.3. The van der Waals surface area contributed by atoms with Crippen molar-refractivity contribution in [3.63, 3.8) is 0 Å². The van der Waals surface area contributed by atoms with Crippen molar-refractivity contribution in [1.82, 2.24) is 4.68 Å². The van der Waals surface area contributed by atoms with Crippen LogP contribution < -0.4 is 10.6 Å². The van der Waals surface area contributed by atoms with Gasteiger partial charge in [-0.25, -0.2) is 14.5 Å². The maximum Gasteiger partial charge on any atom is 0.429 e. The monoisotopic (exact) mass is 296 g/mol. The molecule has 1 aromatic rings. The molecule has 1 aromatic heterocycles. The van der Waals surface area contributed by atoms with Crippen LogP contribution in [0.15, 0.2) is 28.0 Å². The molecule has 2 rings (SSSR count). The summed E-state index contributed by atoms with van der Waals surface area (Å²) in [7, 11) is 0. The van der Waals surface area contributed by atoms with Crippen LogP contribution in [-0.4, -0.2) is 22.9 Å². The predicted molar refractivity (Wildman–Crippen MR) is 80.0 cm³/mol. The quantitative estimate of drug-likeness (QED) is 0.872. The lowest BCUT2D eigenvalue weighted by Crippen LogP contribution is -2.49. The van der Waals surface area contributed by atoms with Crippen molar-refractivity contribution in [2.24, 2.45) is 5.92 Å². The molecule has 0 aromatic carbocycles. The average Bonchev–Trinajstić information content (AvgIpc) is 3.08. The number of nitrogens with zero attached hydrogens (tertiary/aromatic N) is 2. The summed E-state index contributed by atoms with van der Waals surface area (Å²) in [6.07, 6.45) is 3.22. The SMILES string of the molecule is CC(C)(C)OC(=O)N(CC1CC1)n1ccc(S)cc1=O. The molecule has 1 heterocycles. The fourth-order valence-corrected chi connectivity index (χ4v) is 1.95. The first kappa shape index (κ1) is 15.0. The van der Waals surface area contributed by atoms with Gasteiger partial charge in [-0.3, -0.25) is 4.79 Å². The first-order valence-corrected chi connectivity index (χ1v) is 7.13. The fraction of sp³-hybridized carbons (Fsp3) is 0.571. The third-order valence-electron chi connectivity index (χ3n) is 2.88. The number of ether oxygens (including phenoxy) is 1. The Hall–Kier alpha value is -1.43. The third-order valence-corrected chi connectivity index (χ3v) is 3.15. The largest absolute Gasteiger partial charge is 0.442 e. The third kappa shape index (κ3) is 4.03. The number of hydrogen-bond acceptors (Lipinski definition) is 4. The minimum absolute atomic E-state index is 0.288. The molecule has 0 radical (unpaired) electrons. The van der Waals surface area contributed by atoms with Crippen LogP contribution in [0.25, 0.3) is 0 Å². The van der Waals surface area contributed by atoms with Crippen LogP contribution in [0.2, 0.25) is 0 Å². The van der Waals surface area contributed by atoms with E-state index in [1.54, 1.807) is 33.0 Å². The number of rotatable bonds is 3. The molecule has 0 N–H and O–H groups in total. The Labute approximate surface area is 123 Å². The second-order valence-corrected chi connectivity index (χ2v) is 6.59. The molecule has 5 nitrogen and oxygen atoms in total. The number of thiol groups is 1. The van der Waals surface area contributed by atoms with Crippen molar-refractivity contribution in [3.05, 3.63) is 28.7 Å². The van der Waals surface area contributed by atoms with Gasteiger partial charge >= 0.3 is 6.09 Å². The minimum Gasteiger partial charge on any atom is -0.442 e. The number of carbonyl (C=O) groups is 1. The van der Waals surface area contributed by atoms with Gasteiger partial charge in [-0.15, -0.1) is 12.6 Å². The van der Waals surface area contributed by atoms with E-state index in [9.17, 15) is 9.59 Å². The molecule has 1 aliphatic rings. The van der Waals surface area contributed by atoms with Crippen LogP contribution in [0.5, 0.6) is 0 Å². The summed E-state index contributed by atoms with van der Waals surface area (Å²) in [5, 5.41) is 1.37. The van der Waals surface area contributed by atoms with E-state index in [1.165, 1.54) is 15.8 Å². The van der Waals surface area contributed by atoms with Gasteiger partial charge in [-0.2, -0.15) is 0 Å². The van der Waals surface area contributed by atoms with Crippen LogP contribution in [0.4, 0.5) is 4.79 Å². The minimum atomic E-state index is -0.591. The van der Waals surface area contributed by atoms with E-state index in [0.717, 1.165) is 12.8 Å². The van der Waals surface area contributed by atoms with Gasteiger partial charge in [0.2, 0.25) is 0 Å². The first-order valence-electron chi connectivity index (χ1n) is 6.69. The zero-order valence-corrected chi connectivity index (χ0v) is 12.9. The summed E-state index contributed by atoms with van der Waals surface area (Å²) in [5.74, 6) is 0.449. The lowest BCUT2D eigenvalue weighted by Gasteiger charge is -2.28. The number of carbonyl (C=O) groups excluding carboxylic acids is 1. The van der Waals surface area contributed by atoms with Gasteiger partial charge in [0.15, 0.2) is 0 Å². The molecule has 6 heteroatoms. The molecule has 110 valence electrons. The van der Waals surface area contributed by atoms with E-state index in [1.807, 2.05) is 0 Å². The van der Waals surface area contributed by atoms with E-state index >= 15 is 0 Å². The molecule has 0 unspecified atom stereocenters. The Morgan fingerprint density at radius 2 is 2.15 bits per heavy atom. The molecule has 0 saturated heterocycles. The van der Waals surface area contributed by atoms with E-state index in [-0.39, 0.29) is 5.56 Å². The van der Waals surface area contributed by atoms with Crippen LogP contribution in [0.1, 0.15) is 33.6 Å². The van der Waals surface area contributed by atoms with Crippen molar-refractivity contribution in [1.29, 1.82) is 0 Å². The standard InChI is InChI=1S/C14H20N2O3S/c1-14(2,3)19-13(18)16(9-10-4-5-10)15-7-6-11(20)8-12(15)17/h6-8,10,20H,4-5,9H2,1-3H3. The van der Waals surface area contributed by atoms with Gasteiger partial charge in [-0.1, -0.05) is 0 Å². The van der Waals surface area contributed by atoms with E-state index in [4.69, 9.17) is 4.74 Å². The normalized spacial score (nSPS) is 15.0. The lowest BCUT2D eigenvalue weighted by molar-refractivity contribution is 0.0533. The van der Waals surface area contributed by atoms with Crippen LogP contribution in [-0.2, 0) is 4.74 Å². The van der Waals surface area contributed by atoms with Gasteiger partial charge in [0.05, 0.1) is 0 Å². The first-order chi connectivity index (χ1) is 9.26. The Morgan fingerprint density at radius 1 is 1.50 bits per heavy atom. The van der Waals surface area contributed by atoms with Crippen molar-refractivity contribution in [2.75, 3.05) is 11.6 Å². The highest BCUT2D eigenvalue weighted by Gasteiger charge is 2.31. The molecule has 1 fully saturated rings. The number of hydrogen-bond donors (Lipinski definition) is 1. The fourth-order valence-electron chi connectivity index (χ4n) is 1.77. The summed E-state index contributed by atoms with van der Waals surface area (Å²) in [4.78, 5) is 24.9. The Kier molecular flexibility index (Phi) is 4.13. The van der Waals surface area contributed by atoms with Crippen LogP contribution >= 0.6 is 12.6 Å². The molecule has 20 heavy (non-hydrogen) atoms. The molecule has 1 aliphatic carbocycles. The molecule has 0 atom stereocenters. The Morgan fingerprint density at radius 3 is 2.65 bits per heavy atom. The summed E-state index contributed by atoms with van der Waals surface area (Å²) in [6, 6.07) is 3.06. The summed E-state index contributed by atoms with van der Waals surface area (Å²) in [5.41, 5.74) is -0.879. The molecular formula is C14H20N2O3S. The van der Waals surface area contributed by atoms with Gasteiger partial charge in [0.1, 0.15) is 5.60 Å². The zero-order valence-electron chi connectivity index (χ0n) is 12.0. The number of amides is 1. The van der Waals surface area contributed by atoms with Crippen molar-refractivity contribution in [3.8, 4) is 0 Å². The molecule has 0 spiro atoms. The molecule has 1 amide bonds. The Balaban J connectivity index is 2.26. The van der Waals surface area contributed by atoms with Gasteiger partial charge in [0.25, 0.3) is 5.56 Å². The topological polar surface area (TPSA) is 51.5 Å². The molecular weight excluding hydrogens is 276 g/mol. The summed E-state index contributed by atoms with van der Waals surface area (Å²) in [6.45, 7) is 5.92. The maximum absolute atomic E-state index is 12.3. The average molecular weight is 296 g/mol.